The third kappa shape index (κ3) is 8.81. The number of alkyl halides is 1. The fourth-order valence-electron chi connectivity index (χ4n) is 3.89. The summed E-state index contributed by atoms with van der Waals surface area (Å²) in [6.45, 7) is 11.5. The third-order valence-corrected chi connectivity index (χ3v) is 7.30. The maximum atomic E-state index is 5.86. The highest BCUT2D eigenvalue weighted by atomic mass is 127. The van der Waals surface area contributed by atoms with Gasteiger partial charge < -0.3 is 16.9 Å². The molecule has 2 atom stereocenters. The molecular formula is C23H39ClIN. The average molecular weight is 492 g/mol. The second-order valence-corrected chi connectivity index (χ2v) is 9.90. The second kappa shape index (κ2) is 14.1. The Bertz CT molecular complexity index is 453. The Balaban J connectivity index is 0.00000625. The van der Waals surface area contributed by atoms with Gasteiger partial charge in [0.1, 0.15) is 6.54 Å². The molecule has 1 aliphatic carbocycles. The van der Waals surface area contributed by atoms with Crippen LogP contribution in [0.15, 0.2) is 24.3 Å². The maximum Gasteiger partial charge on any atom is 0.140 e. The number of hydrogen-bond acceptors (Lipinski definition) is 0. The highest BCUT2D eigenvalue weighted by molar-refractivity contribution is 14.1. The molecule has 3 heteroatoms. The molecule has 150 valence electrons. The molecule has 2 unspecified atom stereocenters. The minimum atomic E-state index is 0. The van der Waals surface area contributed by atoms with Gasteiger partial charge in [-0.2, -0.15) is 0 Å². The van der Waals surface area contributed by atoms with Gasteiger partial charge in [0, 0.05) is 0 Å². The van der Waals surface area contributed by atoms with Crippen LogP contribution in [0, 0.1) is 18.3 Å². The number of rotatable bonds is 13. The lowest BCUT2D eigenvalue weighted by Gasteiger charge is -2.44. The summed E-state index contributed by atoms with van der Waals surface area (Å²) >= 11 is 2.70. The number of halogens is 2. The van der Waals surface area contributed by atoms with Crippen molar-refractivity contribution in [3.63, 3.8) is 0 Å². The summed E-state index contributed by atoms with van der Waals surface area (Å²) in [5.41, 5.74) is 0. The van der Waals surface area contributed by atoms with Crippen LogP contribution in [-0.2, 0) is 0 Å². The molecule has 0 aromatic carbocycles. The van der Waals surface area contributed by atoms with Gasteiger partial charge in [-0.25, -0.2) is 0 Å². The van der Waals surface area contributed by atoms with Crippen molar-refractivity contribution in [2.24, 2.45) is 5.92 Å². The first-order valence-corrected chi connectivity index (χ1v) is 11.4. The van der Waals surface area contributed by atoms with Crippen molar-refractivity contribution in [1.82, 2.24) is 0 Å². The minimum Gasteiger partial charge on any atom is -1.00 e. The van der Waals surface area contributed by atoms with E-state index >= 15 is 0 Å². The molecular weight excluding hydrogens is 453 g/mol. The Labute approximate surface area is 183 Å². The second-order valence-electron chi connectivity index (χ2n) is 7.89. The highest BCUT2D eigenvalue weighted by Gasteiger charge is 2.40. The molecule has 0 fully saturated rings. The zero-order valence-electron chi connectivity index (χ0n) is 17.2. The van der Waals surface area contributed by atoms with Crippen LogP contribution in [-0.4, -0.2) is 34.1 Å². The standard InChI is InChI=1S/C23H39IN.ClH/c1-5-8-10-14-19-25(18-7-3,20-15-11-9-6-2)21-23(24)17-13-12-16-22(23)4;/h3,12-13,16-17,22H,5-6,8-11,14-15,18-21H2,1-2,4H3;1H/q+1;/p-1. The van der Waals surface area contributed by atoms with Crippen LogP contribution >= 0.6 is 22.6 Å². The topological polar surface area (TPSA) is 0 Å². The third-order valence-electron chi connectivity index (χ3n) is 5.62. The van der Waals surface area contributed by atoms with E-state index in [1.54, 1.807) is 0 Å². The van der Waals surface area contributed by atoms with Gasteiger partial charge in [-0.3, -0.25) is 0 Å². The van der Waals surface area contributed by atoms with Crippen LogP contribution in [0.4, 0.5) is 0 Å². The van der Waals surface area contributed by atoms with Crippen molar-refractivity contribution in [3.8, 4) is 12.3 Å². The van der Waals surface area contributed by atoms with Crippen molar-refractivity contribution in [1.29, 1.82) is 0 Å². The summed E-state index contributed by atoms with van der Waals surface area (Å²) in [6.07, 6.45) is 25.6. The zero-order valence-corrected chi connectivity index (χ0v) is 20.1. The molecule has 0 saturated carbocycles. The molecule has 1 rings (SSSR count). The van der Waals surface area contributed by atoms with Gasteiger partial charge in [-0.05, 0) is 37.5 Å². The molecule has 0 saturated heterocycles. The van der Waals surface area contributed by atoms with Crippen molar-refractivity contribution >= 4 is 22.6 Å². The van der Waals surface area contributed by atoms with Crippen LogP contribution in [0.1, 0.15) is 72.1 Å². The van der Waals surface area contributed by atoms with E-state index in [1.807, 2.05) is 0 Å². The van der Waals surface area contributed by atoms with Crippen LogP contribution < -0.4 is 12.4 Å². The molecule has 0 spiro atoms. The fourth-order valence-corrected chi connectivity index (χ4v) is 5.03. The Morgan fingerprint density at radius 3 is 2.04 bits per heavy atom. The van der Waals surface area contributed by atoms with Crippen molar-refractivity contribution < 1.29 is 16.9 Å². The van der Waals surface area contributed by atoms with Gasteiger partial charge >= 0.3 is 0 Å². The summed E-state index contributed by atoms with van der Waals surface area (Å²) in [6, 6.07) is 0. The number of hydrogen-bond donors (Lipinski definition) is 0. The summed E-state index contributed by atoms with van der Waals surface area (Å²) in [5, 5.41) is 0. The Kier molecular flexibility index (Phi) is 14.1. The van der Waals surface area contributed by atoms with Crippen LogP contribution in [0.2, 0.25) is 0 Å². The lowest BCUT2D eigenvalue weighted by atomic mass is 9.88. The number of unbranched alkanes of at least 4 members (excludes halogenated alkanes) is 6. The number of allylic oxidation sites excluding steroid dienone is 3. The smallest absolute Gasteiger partial charge is 0.140 e. The van der Waals surface area contributed by atoms with E-state index in [0.717, 1.165) is 17.6 Å². The first kappa shape index (κ1) is 26.0. The lowest BCUT2D eigenvalue weighted by molar-refractivity contribution is -0.923. The normalized spacial score (nSPS) is 22.0. The lowest BCUT2D eigenvalue weighted by Crippen LogP contribution is -3.00. The van der Waals surface area contributed by atoms with E-state index < -0.39 is 0 Å². The van der Waals surface area contributed by atoms with Gasteiger partial charge in [-0.1, -0.05) is 93.3 Å². The first-order valence-electron chi connectivity index (χ1n) is 10.4. The summed E-state index contributed by atoms with van der Waals surface area (Å²) in [5.74, 6) is 3.61. The molecule has 1 aliphatic rings. The predicted octanol–water partition coefficient (Wildman–Crippen LogP) is 3.54. The van der Waals surface area contributed by atoms with E-state index in [1.165, 1.54) is 64.5 Å². The van der Waals surface area contributed by atoms with Crippen LogP contribution in [0.25, 0.3) is 0 Å². The maximum absolute atomic E-state index is 5.86. The van der Waals surface area contributed by atoms with Crippen molar-refractivity contribution in [2.75, 3.05) is 26.2 Å². The van der Waals surface area contributed by atoms with Crippen molar-refractivity contribution in [2.45, 2.75) is 75.6 Å². The summed E-state index contributed by atoms with van der Waals surface area (Å²) < 4.78 is 1.30. The van der Waals surface area contributed by atoms with E-state index in [0.29, 0.717) is 5.92 Å². The van der Waals surface area contributed by atoms with Gasteiger partial charge in [0.25, 0.3) is 0 Å². The van der Waals surface area contributed by atoms with E-state index in [4.69, 9.17) is 6.42 Å². The number of terminal acetylenes is 1. The van der Waals surface area contributed by atoms with E-state index in [2.05, 4.69) is 73.6 Å². The molecule has 0 heterocycles. The molecule has 26 heavy (non-hydrogen) atoms. The SMILES string of the molecule is C#CC[N+](CCCCCC)(CCCCCC)CC1(I)C=CC=CC1C.[Cl-]. The van der Waals surface area contributed by atoms with Crippen LogP contribution in [0.5, 0.6) is 0 Å². The molecule has 0 N–H and O–H groups in total. The monoisotopic (exact) mass is 491 g/mol. The highest BCUT2D eigenvalue weighted by Crippen LogP contribution is 2.37. The van der Waals surface area contributed by atoms with Gasteiger partial charge in [0.2, 0.25) is 0 Å². The predicted molar refractivity (Wildman–Crippen MR) is 121 cm³/mol. The number of nitrogens with zero attached hydrogens (tertiary/aromatic N) is 1. The summed E-state index contributed by atoms with van der Waals surface area (Å²) in [4.78, 5) is 0. The molecule has 0 radical (unpaired) electrons. The van der Waals surface area contributed by atoms with Crippen LogP contribution in [0.3, 0.4) is 0 Å². The van der Waals surface area contributed by atoms with E-state index in [-0.39, 0.29) is 15.8 Å². The quantitative estimate of drug-likeness (QED) is 0.122. The first-order chi connectivity index (χ1) is 12.0. The Hall–Kier alpha value is 0.0200. The Morgan fingerprint density at radius 2 is 1.58 bits per heavy atom. The van der Waals surface area contributed by atoms with Gasteiger partial charge in [0.05, 0.1) is 23.1 Å². The Morgan fingerprint density at radius 1 is 1.00 bits per heavy atom. The zero-order chi connectivity index (χ0) is 18.6. The molecule has 0 aromatic rings. The average Bonchev–Trinajstić information content (AvgIpc) is 2.59. The summed E-state index contributed by atoms with van der Waals surface area (Å²) in [7, 11) is 0. The van der Waals surface area contributed by atoms with Gasteiger partial charge in [-0.15, -0.1) is 6.42 Å². The van der Waals surface area contributed by atoms with Gasteiger partial charge in [0.15, 0.2) is 0 Å². The van der Waals surface area contributed by atoms with E-state index in [9.17, 15) is 0 Å². The van der Waals surface area contributed by atoms with Crippen molar-refractivity contribution in [3.05, 3.63) is 24.3 Å². The fraction of sp³-hybridized carbons (Fsp3) is 0.739. The molecule has 0 bridgehead atoms. The number of quaternary nitrogens is 1. The largest absolute Gasteiger partial charge is 1.00 e. The molecule has 0 aromatic heterocycles. The molecule has 0 aliphatic heterocycles. The molecule has 1 nitrogen and oxygen atoms in total. The minimum absolute atomic E-state index is 0. The molecule has 0 amide bonds.